The Balaban J connectivity index is 2.26. The predicted molar refractivity (Wildman–Crippen MR) is 106 cm³/mol. The van der Waals surface area contributed by atoms with E-state index in [-0.39, 0.29) is 0 Å². The SMILES string of the molecule is CCCOCCCCNc1cccc(O)c1NCCCCOCCC. The number of unbranched alkanes of at least 4 members (excludes halogenated alkanes) is 2. The summed E-state index contributed by atoms with van der Waals surface area (Å²) in [6.45, 7) is 9.25. The molecule has 0 atom stereocenters. The zero-order valence-electron chi connectivity index (χ0n) is 16.0. The van der Waals surface area contributed by atoms with Crippen LogP contribution >= 0.6 is 0 Å². The molecular weight excluding hydrogens is 316 g/mol. The number of nitrogens with one attached hydrogen (secondary N) is 2. The highest BCUT2D eigenvalue weighted by Crippen LogP contribution is 2.31. The fraction of sp³-hybridized carbons (Fsp3) is 0.700. The number of hydrogen-bond donors (Lipinski definition) is 3. The topological polar surface area (TPSA) is 62.8 Å². The molecular formula is C20H36N2O3. The number of phenolic OH excluding ortho intramolecular Hbond substituents is 1. The van der Waals surface area contributed by atoms with Crippen molar-refractivity contribution in [2.24, 2.45) is 0 Å². The molecule has 1 rings (SSSR count). The quantitative estimate of drug-likeness (QED) is 0.299. The van der Waals surface area contributed by atoms with Gasteiger partial charge in [-0.2, -0.15) is 0 Å². The zero-order chi connectivity index (χ0) is 18.2. The summed E-state index contributed by atoms with van der Waals surface area (Å²) in [5.41, 5.74) is 1.75. The third-order valence-corrected chi connectivity index (χ3v) is 3.79. The van der Waals surface area contributed by atoms with Gasteiger partial charge in [0.15, 0.2) is 0 Å². The van der Waals surface area contributed by atoms with Gasteiger partial charge >= 0.3 is 0 Å². The maximum Gasteiger partial charge on any atom is 0.140 e. The number of benzene rings is 1. The first kappa shape index (κ1) is 21.6. The van der Waals surface area contributed by atoms with Gasteiger partial charge in [-0.15, -0.1) is 0 Å². The Morgan fingerprint density at radius 2 is 1.40 bits per heavy atom. The van der Waals surface area contributed by atoms with E-state index in [1.54, 1.807) is 6.07 Å². The van der Waals surface area contributed by atoms with E-state index < -0.39 is 0 Å². The molecule has 0 aromatic heterocycles. The Bertz CT molecular complexity index is 441. The van der Waals surface area contributed by atoms with Crippen molar-refractivity contribution in [3.8, 4) is 5.75 Å². The minimum Gasteiger partial charge on any atom is -0.506 e. The Morgan fingerprint density at radius 1 is 0.800 bits per heavy atom. The van der Waals surface area contributed by atoms with Crippen LogP contribution in [0.3, 0.4) is 0 Å². The second-order valence-corrected chi connectivity index (χ2v) is 6.19. The van der Waals surface area contributed by atoms with E-state index in [1.807, 2.05) is 12.1 Å². The van der Waals surface area contributed by atoms with E-state index in [0.29, 0.717) is 5.75 Å². The fourth-order valence-electron chi connectivity index (χ4n) is 2.46. The van der Waals surface area contributed by atoms with Crippen molar-refractivity contribution < 1.29 is 14.6 Å². The number of anilines is 2. The molecule has 0 aliphatic rings. The minimum atomic E-state index is 0.290. The van der Waals surface area contributed by atoms with E-state index in [4.69, 9.17) is 9.47 Å². The molecule has 144 valence electrons. The summed E-state index contributed by atoms with van der Waals surface area (Å²) in [7, 11) is 0. The molecule has 0 fully saturated rings. The Morgan fingerprint density at radius 3 is 2.00 bits per heavy atom. The molecule has 0 bridgehead atoms. The van der Waals surface area contributed by atoms with Crippen LogP contribution in [0.25, 0.3) is 0 Å². The predicted octanol–water partition coefficient (Wildman–Crippen LogP) is 4.63. The molecule has 5 nitrogen and oxygen atoms in total. The number of aromatic hydroxyl groups is 1. The van der Waals surface area contributed by atoms with Gasteiger partial charge in [-0.1, -0.05) is 19.9 Å². The molecule has 0 amide bonds. The largest absolute Gasteiger partial charge is 0.506 e. The summed E-state index contributed by atoms with van der Waals surface area (Å²) in [5.74, 6) is 0.290. The maximum atomic E-state index is 10.1. The second-order valence-electron chi connectivity index (χ2n) is 6.19. The van der Waals surface area contributed by atoms with Gasteiger partial charge < -0.3 is 25.2 Å². The summed E-state index contributed by atoms with van der Waals surface area (Å²) in [6, 6.07) is 5.59. The van der Waals surface area contributed by atoms with Crippen molar-refractivity contribution in [3.63, 3.8) is 0 Å². The Labute approximate surface area is 153 Å². The minimum absolute atomic E-state index is 0.290. The molecule has 0 aliphatic heterocycles. The molecule has 1 aromatic carbocycles. The van der Waals surface area contributed by atoms with Gasteiger partial charge in [0, 0.05) is 39.5 Å². The van der Waals surface area contributed by atoms with Crippen molar-refractivity contribution in [3.05, 3.63) is 18.2 Å². The van der Waals surface area contributed by atoms with Gasteiger partial charge in [0.05, 0.1) is 5.69 Å². The van der Waals surface area contributed by atoms with Gasteiger partial charge in [-0.05, 0) is 50.7 Å². The highest BCUT2D eigenvalue weighted by molar-refractivity contribution is 5.75. The molecule has 25 heavy (non-hydrogen) atoms. The summed E-state index contributed by atoms with van der Waals surface area (Å²) in [6.07, 6.45) is 6.28. The highest BCUT2D eigenvalue weighted by Gasteiger charge is 2.06. The lowest BCUT2D eigenvalue weighted by molar-refractivity contribution is 0.131. The maximum absolute atomic E-state index is 10.1. The lowest BCUT2D eigenvalue weighted by Gasteiger charge is -2.15. The first-order chi connectivity index (χ1) is 12.3. The van der Waals surface area contributed by atoms with E-state index >= 15 is 0 Å². The molecule has 3 N–H and O–H groups in total. The van der Waals surface area contributed by atoms with Crippen LogP contribution in [0.15, 0.2) is 18.2 Å². The van der Waals surface area contributed by atoms with E-state index in [1.165, 1.54) is 0 Å². The summed E-state index contributed by atoms with van der Waals surface area (Å²) in [4.78, 5) is 0. The lowest BCUT2D eigenvalue weighted by atomic mass is 10.2. The normalized spacial score (nSPS) is 10.8. The van der Waals surface area contributed by atoms with Crippen molar-refractivity contribution in [2.75, 3.05) is 50.2 Å². The van der Waals surface area contributed by atoms with Gasteiger partial charge in [-0.3, -0.25) is 0 Å². The van der Waals surface area contributed by atoms with E-state index in [0.717, 1.165) is 89.4 Å². The van der Waals surface area contributed by atoms with Crippen molar-refractivity contribution in [2.45, 2.75) is 52.4 Å². The number of hydrogen-bond acceptors (Lipinski definition) is 5. The van der Waals surface area contributed by atoms with Crippen LogP contribution in [-0.2, 0) is 9.47 Å². The van der Waals surface area contributed by atoms with E-state index in [2.05, 4.69) is 24.5 Å². The third-order valence-electron chi connectivity index (χ3n) is 3.79. The molecule has 0 unspecified atom stereocenters. The third kappa shape index (κ3) is 10.2. The first-order valence-electron chi connectivity index (χ1n) is 9.74. The summed E-state index contributed by atoms with van der Waals surface area (Å²) in [5, 5.41) is 16.9. The summed E-state index contributed by atoms with van der Waals surface area (Å²) < 4.78 is 11.0. The molecule has 0 heterocycles. The molecule has 1 aromatic rings. The summed E-state index contributed by atoms with van der Waals surface area (Å²) >= 11 is 0. The molecule has 0 saturated carbocycles. The van der Waals surface area contributed by atoms with Crippen LogP contribution in [0, 0.1) is 0 Å². The molecule has 0 radical (unpaired) electrons. The van der Waals surface area contributed by atoms with Crippen LogP contribution in [0.1, 0.15) is 52.4 Å². The second kappa shape index (κ2) is 14.8. The highest BCUT2D eigenvalue weighted by atomic mass is 16.5. The van der Waals surface area contributed by atoms with Gasteiger partial charge in [0.1, 0.15) is 11.4 Å². The lowest BCUT2D eigenvalue weighted by Crippen LogP contribution is -2.09. The fourth-order valence-corrected chi connectivity index (χ4v) is 2.46. The van der Waals surface area contributed by atoms with Crippen LogP contribution < -0.4 is 10.6 Å². The number of phenols is 1. The first-order valence-corrected chi connectivity index (χ1v) is 9.74. The standard InChI is InChI=1S/C20H36N2O3/c1-3-14-24-16-7-5-12-21-18-10-9-11-19(23)20(18)22-13-6-8-17-25-15-4-2/h9-11,21-23H,3-8,12-17H2,1-2H3. The number of ether oxygens (including phenoxy) is 2. The van der Waals surface area contributed by atoms with Crippen LogP contribution in [0.5, 0.6) is 5.75 Å². The van der Waals surface area contributed by atoms with Gasteiger partial charge in [0.2, 0.25) is 0 Å². The van der Waals surface area contributed by atoms with Gasteiger partial charge in [0.25, 0.3) is 0 Å². The number of rotatable bonds is 16. The molecule has 5 heteroatoms. The average Bonchev–Trinajstić information content (AvgIpc) is 2.62. The van der Waals surface area contributed by atoms with Crippen LogP contribution in [0.4, 0.5) is 11.4 Å². The number of para-hydroxylation sites is 1. The van der Waals surface area contributed by atoms with E-state index in [9.17, 15) is 5.11 Å². The van der Waals surface area contributed by atoms with Crippen molar-refractivity contribution in [1.29, 1.82) is 0 Å². The molecule has 0 aliphatic carbocycles. The average molecular weight is 353 g/mol. The van der Waals surface area contributed by atoms with Crippen LogP contribution in [0.2, 0.25) is 0 Å². The Hall–Kier alpha value is -1.46. The van der Waals surface area contributed by atoms with Gasteiger partial charge in [-0.25, -0.2) is 0 Å². The smallest absolute Gasteiger partial charge is 0.140 e. The monoisotopic (exact) mass is 352 g/mol. The van der Waals surface area contributed by atoms with Crippen molar-refractivity contribution >= 4 is 11.4 Å². The van der Waals surface area contributed by atoms with Crippen molar-refractivity contribution in [1.82, 2.24) is 0 Å². The Kier molecular flexibility index (Phi) is 12.8. The van der Waals surface area contributed by atoms with Crippen LogP contribution in [-0.4, -0.2) is 44.6 Å². The zero-order valence-corrected chi connectivity index (χ0v) is 16.0. The molecule has 0 spiro atoms. The molecule has 0 saturated heterocycles.